The highest BCUT2D eigenvalue weighted by molar-refractivity contribution is 5.95. The van der Waals surface area contributed by atoms with Crippen molar-refractivity contribution in [3.63, 3.8) is 0 Å². The first-order chi connectivity index (χ1) is 10.2. The van der Waals surface area contributed by atoms with Crippen LogP contribution in [-0.4, -0.2) is 43.2 Å². The highest BCUT2D eigenvalue weighted by atomic mass is 16.2. The van der Waals surface area contributed by atoms with Crippen molar-refractivity contribution < 1.29 is 4.79 Å². The van der Waals surface area contributed by atoms with Crippen LogP contribution >= 0.6 is 0 Å². The Morgan fingerprint density at radius 3 is 3.10 bits per heavy atom. The van der Waals surface area contributed by atoms with E-state index in [1.807, 2.05) is 22.7 Å². The van der Waals surface area contributed by atoms with Crippen molar-refractivity contribution in [2.75, 3.05) is 13.1 Å². The van der Waals surface area contributed by atoms with Crippen LogP contribution in [0.25, 0.3) is 0 Å². The number of hydrogen-bond donors (Lipinski definition) is 1. The third-order valence-corrected chi connectivity index (χ3v) is 3.94. The molecule has 1 aliphatic heterocycles. The molecule has 3 heterocycles. The van der Waals surface area contributed by atoms with E-state index in [2.05, 4.69) is 14.6 Å². The average Bonchev–Trinajstić information content (AvgIpc) is 3.10. The minimum Gasteiger partial charge on any atom is -0.332 e. The Hall–Kier alpha value is -2.15. The summed E-state index contributed by atoms with van der Waals surface area (Å²) in [6.07, 6.45) is 6.25. The smallest absolute Gasteiger partial charge is 0.257 e. The second-order valence-electron chi connectivity index (χ2n) is 5.27. The average molecular weight is 288 g/mol. The Morgan fingerprint density at radius 1 is 1.43 bits per heavy atom. The number of nitrogens with zero attached hydrogens (tertiary/aromatic N) is 5. The number of hydrogen-bond acceptors (Lipinski definition) is 4. The number of nitrogens with two attached hydrogens (primary N) is 1. The fraction of sp³-hybridized carbons (Fsp3) is 0.500. The van der Waals surface area contributed by atoms with Crippen LogP contribution in [0.5, 0.6) is 0 Å². The number of fused-ring (bicyclic) bond motifs is 1. The van der Waals surface area contributed by atoms with Gasteiger partial charge in [0.25, 0.3) is 5.91 Å². The predicted molar refractivity (Wildman–Crippen MR) is 77.6 cm³/mol. The fourth-order valence-electron chi connectivity index (χ4n) is 2.64. The molecule has 0 unspecified atom stereocenters. The van der Waals surface area contributed by atoms with Crippen molar-refractivity contribution in [1.82, 2.24) is 24.2 Å². The molecule has 0 radical (unpaired) electrons. The number of amides is 1. The topological polar surface area (TPSA) is 82.0 Å². The van der Waals surface area contributed by atoms with E-state index in [4.69, 9.17) is 5.73 Å². The van der Waals surface area contributed by atoms with Crippen LogP contribution in [0.1, 0.15) is 28.3 Å². The first-order valence-electron chi connectivity index (χ1n) is 7.22. The zero-order valence-corrected chi connectivity index (χ0v) is 12.2. The van der Waals surface area contributed by atoms with Crippen LogP contribution in [-0.2, 0) is 19.6 Å². The zero-order chi connectivity index (χ0) is 14.8. The summed E-state index contributed by atoms with van der Waals surface area (Å²) >= 11 is 0. The van der Waals surface area contributed by atoms with E-state index in [-0.39, 0.29) is 5.91 Å². The van der Waals surface area contributed by atoms with Gasteiger partial charge in [-0.15, -0.1) is 0 Å². The molecule has 7 heteroatoms. The molecule has 21 heavy (non-hydrogen) atoms. The highest BCUT2D eigenvalue weighted by Gasteiger charge is 2.24. The molecule has 112 valence electrons. The van der Waals surface area contributed by atoms with E-state index in [9.17, 15) is 4.79 Å². The van der Waals surface area contributed by atoms with Gasteiger partial charge in [0.05, 0.1) is 18.3 Å². The molecule has 0 bridgehead atoms. The van der Waals surface area contributed by atoms with Gasteiger partial charge >= 0.3 is 0 Å². The summed E-state index contributed by atoms with van der Waals surface area (Å²) in [5.41, 5.74) is 7.10. The van der Waals surface area contributed by atoms with E-state index in [0.717, 1.165) is 31.0 Å². The molecular formula is C14H20N6O. The largest absolute Gasteiger partial charge is 0.332 e. The van der Waals surface area contributed by atoms with Gasteiger partial charge in [-0.2, -0.15) is 5.10 Å². The molecule has 2 aromatic heterocycles. The third-order valence-electron chi connectivity index (χ3n) is 3.94. The van der Waals surface area contributed by atoms with Crippen LogP contribution in [0.2, 0.25) is 0 Å². The molecule has 0 saturated heterocycles. The van der Waals surface area contributed by atoms with Crippen molar-refractivity contribution in [2.45, 2.75) is 33.0 Å². The van der Waals surface area contributed by atoms with Crippen LogP contribution < -0.4 is 5.73 Å². The summed E-state index contributed by atoms with van der Waals surface area (Å²) < 4.78 is 3.94. The Bertz CT molecular complexity index is 644. The van der Waals surface area contributed by atoms with E-state index in [1.165, 1.54) is 0 Å². The number of aryl methyl sites for hydroxylation is 1. The summed E-state index contributed by atoms with van der Waals surface area (Å²) in [6.45, 7) is 5.36. The molecular weight excluding hydrogens is 268 g/mol. The van der Waals surface area contributed by atoms with Crippen LogP contribution in [0.3, 0.4) is 0 Å². The monoisotopic (exact) mass is 288 g/mol. The molecule has 1 aliphatic rings. The number of rotatable bonds is 4. The third kappa shape index (κ3) is 2.56. The van der Waals surface area contributed by atoms with Gasteiger partial charge in [-0.1, -0.05) is 0 Å². The first kappa shape index (κ1) is 13.8. The van der Waals surface area contributed by atoms with E-state index in [1.54, 1.807) is 12.4 Å². The van der Waals surface area contributed by atoms with E-state index in [0.29, 0.717) is 25.2 Å². The lowest BCUT2D eigenvalue weighted by atomic mass is 10.2. The molecule has 0 aromatic carbocycles. The maximum atomic E-state index is 12.7. The summed E-state index contributed by atoms with van der Waals surface area (Å²) in [5.74, 6) is 0.962. The standard InChI is InChI=1S/C14H20N6O/c1-11-12(9-17-20(11)5-2-3-15)14(21)19-8-7-18-6-4-16-13(18)10-19/h4,6,9H,2-3,5,7-8,10,15H2,1H3. The van der Waals surface area contributed by atoms with Gasteiger partial charge in [0.1, 0.15) is 5.82 Å². The van der Waals surface area contributed by atoms with Crippen LogP contribution in [0.4, 0.5) is 0 Å². The number of imidazole rings is 1. The maximum absolute atomic E-state index is 12.7. The number of carbonyl (C=O) groups is 1. The highest BCUT2D eigenvalue weighted by Crippen LogP contribution is 2.16. The van der Waals surface area contributed by atoms with E-state index < -0.39 is 0 Å². The molecule has 1 amide bonds. The van der Waals surface area contributed by atoms with Crippen LogP contribution in [0.15, 0.2) is 18.6 Å². The molecule has 0 spiro atoms. The predicted octanol–water partition coefficient (Wildman–Crippen LogP) is 0.393. The first-order valence-corrected chi connectivity index (χ1v) is 7.22. The summed E-state index contributed by atoms with van der Waals surface area (Å²) in [7, 11) is 0. The molecule has 0 saturated carbocycles. The van der Waals surface area contributed by atoms with Gasteiger partial charge < -0.3 is 15.2 Å². The van der Waals surface area contributed by atoms with Gasteiger partial charge in [0.15, 0.2) is 0 Å². The maximum Gasteiger partial charge on any atom is 0.257 e. The molecule has 7 nitrogen and oxygen atoms in total. The Balaban J connectivity index is 1.75. The molecule has 2 N–H and O–H groups in total. The van der Waals surface area contributed by atoms with Crippen LogP contribution in [0, 0.1) is 6.92 Å². The van der Waals surface area contributed by atoms with Crippen molar-refractivity contribution in [3.05, 3.63) is 35.7 Å². The molecule has 2 aromatic rings. The lowest BCUT2D eigenvalue weighted by Crippen LogP contribution is -2.38. The molecule has 3 rings (SSSR count). The minimum atomic E-state index is 0.0285. The van der Waals surface area contributed by atoms with Crippen molar-refractivity contribution >= 4 is 5.91 Å². The quantitative estimate of drug-likeness (QED) is 0.882. The van der Waals surface area contributed by atoms with Gasteiger partial charge in [-0.25, -0.2) is 4.98 Å². The molecule has 0 fully saturated rings. The summed E-state index contributed by atoms with van der Waals surface area (Å²) in [4.78, 5) is 18.8. The van der Waals surface area contributed by atoms with E-state index >= 15 is 0 Å². The Morgan fingerprint density at radius 2 is 2.29 bits per heavy atom. The zero-order valence-electron chi connectivity index (χ0n) is 12.2. The normalized spacial score (nSPS) is 14.3. The Kier molecular flexibility index (Phi) is 3.74. The van der Waals surface area contributed by atoms with Gasteiger partial charge in [0.2, 0.25) is 0 Å². The lowest BCUT2D eigenvalue weighted by molar-refractivity contribution is 0.0706. The molecule has 0 aliphatic carbocycles. The SMILES string of the molecule is Cc1c(C(=O)N2CCn3ccnc3C2)cnn1CCCN. The number of aromatic nitrogens is 4. The summed E-state index contributed by atoms with van der Waals surface area (Å²) in [5, 5.41) is 4.30. The van der Waals surface area contributed by atoms with Gasteiger partial charge in [-0.05, 0) is 19.9 Å². The Labute approximate surface area is 123 Å². The van der Waals surface area contributed by atoms with Gasteiger partial charge in [0, 0.05) is 37.7 Å². The second kappa shape index (κ2) is 5.69. The molecule has 0 atom stereocenters. The second-order valence-corrected chi connectivity index (χ2v) is 5.27. The summed E-state index contributed by atoms with van der Waals surface area (Å²) in [6, 6.07) is 0. The number of carbonyl (C=O) groups excluding carboxylic acids is 1. The fourth-order valence-corrected chi connectivity index (χ4v) is 2.64. The lowest BCUT2D eigenvalue weighted by Gasteiger charge is -2.27. The van der Waals surface area contributed by atoms with Gasteiger partial charge in [-0.3, -0.25) is 9.48 Å². The van der Waals surface area contributed by atoms with Crippen molar-refractivity contribution in [2.24, 2.45) is 5.73 Å². The minimum absolute atomic E-state index is 0.0285. The van der Waals surface area contributed by atoms with Crippen molar-refractivity contribution in [1.29, 1.82) is 0 Å². The van der Waals surface area contributed by atoms with Crippen molar-refractivity contribution in [3.8, 4) is 0 Å².